The molecule has 0 saturated heterocycles. The lowest BCUT2D eigenvalue weighted by atomic mass is 9.65. The van der Waals surface area contributed by atoms with E-state index in [2.05, 4.69) is 241 Å². The standard InChI is InChI=1S/C57H39N/c1-4-18-42(19-5-1)57(43-20-6-2-7-21-43,44-22-8-3-9-23-44)45-36-32-40(33-37-45)55-49-26-10-12-28-51(49)56(52-29-13-11-27-50(52)55)41-34-38-46(39-35-41)58-53-30-16-14-24-47(53)48-25-15-17-31-54(48)58/h1-39H. The Morgan fingerprint density at radius 2 is 0.534 bits per heavy atom. The second-order valence-electron chi connectivity index (χ2n) is 15.2. The normalized spacial score (nSPS) is 11.8. The SMILES string of the molecule is c1ccc(C(c2ccccc2)(c2ccccc2)c2ccc(-c3c4ccccc4c(-c4ccc(-n5c6ccccc6c6ccccc65)cc4)c4ccccc34)cc2)cc1. The van der Waals surface area contributed by atoms with Crippen LogP contribution in [0.15, 0.2) is 237 Å². The van der Waals surface area contributed by atoms with Gasteiger partial charge in [-0.25, -0.2) is 0 Å². The molecule has 1 aromatic heterocycles. The predicted octanol–water partition coefficient (Wildman–Crippen LogP) is 14.8. The summed E-state index contributed by atoms with van der Waals surface area (Å²) in [5, 5.41) is 7.53. The van der Waals surface area contributed by atoms with E-state index >= 15 is 0 Å². The lowest BCUT2D eigenvalue weighted by molar-refractivity contribution is 0.745. The van der Waals surface area contributed by atoms with E-state index in [1.165, 1.54) is 87.9 Å². The van der Waals surface area contributed by atoms with Gasteiger partial charge in [0.05, 0.1) is 16.4 Å². The van der Waals surface area contributed by atoms with Gasteiger partial charge < -0.3 is 4.57 Å². The summed E-state index contributed by atoms with van der Waals surface area (Å²) in [6.45, 7) is 0. The second-order valence-corrected chi connectivity index (χ2v) is 15.2. The van der Waals surface area contributed by atoms with Crippen molar-refractivity contribution in [1.82, 2.24) is 4.57 Å². The van der Waals surface area contributed by atoms with Gasteiger partial charge in [-0.3, -0.25) is 0 Å². The van der Waals surface area contributed by atoms with Crippen molar-refractivity contribution >= 4 is 43.4 Å². The monoisotopic (exact) mass is 737 g/mol. The summed E-state index contributed by atoms with van der Waals surface area (Å²) in [4.78, 5) is 0. The number of rotatable bonds is 7. The van der Waals surface area contributed by atoms with Crippen LogP contribution in [0.25, 0.3) is 71.3 Å². The molecule has 1 nitrogen and oxygen atoms in total. The van der Waals surface area contributed by atoms with E-state index in [9.17, 15) is 0 Å². The molecule has 10 aromatic carbocycles. The molecule has 272 valence electrons. The second kappa shape index (κ2) is 13.9. The lowest BCUT2D eigenvalue weighted by Gasteiger charge is -2.37. The van der Waals surface area contributed by atoms with Crippen LogP contribution in [-0.2, 0) is 5.41 Å². The van der Waals surface area contributed by atoms with Crippen molar-refractivity contribution in [3.63, 3.8) is 0 Å². The Labute approximate surface area is 338 Å². The third-order valence-electron chi connectivity index (χ3n) is 12.2. The van der Waals surface area contributed by atoms with E-state index in [-0.39, 0.29) is 0 Å². The Morgan fingerprint density at radius 1 is 0.241 bits per heavy atom. The zero-order valence-electron chi connectivity index (χ0n) is 32.0. The quantitative estimate of drug-likeness (QED) is 0.113. The zero-order valence-corrected chi connectivity index (χ0v) is 32.0. The van der Waals surface area contributed by atoms with Gasteiger partial charge in [-0.2, -0.15) is 0 Å². The summed E-state index contributed by atoms with van der Waals surface area (Å²) in [5.41, 5.74) is 13.0. The zero-order chi connectivity index (χ0) is 38.5. The average molecular weight is 738 g/mol. The fourth-order valence-corrected chi connectivity index (χ4v) is 9.68. The number of para-hydroxylation sites is 2. The minimum absolute atomic E-state index is 0.498. The van der Waals surface area contributed by atoms with Crippen LogP contribution in [0.4, 0.5) is 0 Å². The lowest BCUT2D eigenvalue weighted by Crippen LogP contribution is -2.30. The molecule has 0 unspecified atom stereocenters. The van der Waals surface area contributed by atoms with E-state index < -0.39 is 5.41 Å². The Balaban J connectivity index is 1.08. The highest BCUT2D eigenvalue weighted by Gasteiger charge is 2.38. The van der Waals surface area contributed by atoms with Gasteiger partial charge in [0.25, 0.3) is 0 Å². The molecule has 1 heterocycles. The minimum atomic E-state index is -0.498. The van der Waals surface area contributed by atoms with Gasteiger partial charge in [0.2, 0.25) is 0 Å². The fraction of sp³-hybridized carbons (Fsp3) is 0.0175. The maximum Gasteiger partial charge on any atom is 0.0701 e. The van der Waals surface area contributed by atoms with Crippen LogP contribution < -0.4 is 0 Å². The first-order valence-electron chi connectivity index (χ1n) is 20.1. The van der Waals surface area contributed by atoms with Gasteiger partial charge in [-0.1, -0.05) is 212 Å². The van der Waals surface area contributed by atoms with Crippen molar-refractivity contribution in [2.24, 2.45) is 0 Å². The number of aromatic nitrogens is 1. The Bertz CT molecular complexity index is 3030. The molecule has 1 heteroatoms. The van der Waals surface area contributed by atoms with Crippen molar-refractivity contribution in [2.75, 3.05) is 0 Å². The summed E-state index contributed by atoms with van der Waals surface area (Å²) in [7, 11) is 0. The van der Waals surface area contributed by atoms with Crippen LogP contribution in [0, 0.1) is 0 Å². The van der Waals surface area contributed by atoms with E-state index in [1.807, 2.05) is 0 Å². The molecule has 0 aliphatic heterocycles. The van der Waals surface area contributed by atoms with Crippen molar-refractivity contribution in [2.45, 2.75) is 5.41 Å². The summed E-state index contributed by atoms with van der Waals surface area (Å²) < 4.78 is 2.39. The van der Waals surface area contributed by atoms with Crippen LogP contribution in [0.3, 0.4) is 0 Å². The first-order valence-corrected chi connectivity index (χ1v) is 20.1. The maximum absolute atomic E-state index is 2.39. The van der Waals surface area contributed by atoms with E-state index in [0.717, 1.165) is 5.69 Å². The van der Waals surface area contributed by atoms with Crippen LogP contribution in [0.1, 0.15) is 22.3 Å². The summed E-state index contributed by atoms with van der Waals surface area (Å²) in [6, 6.07) is 86.7. The third-order valence-corrected chi connectivity index (χ3v) is 12.2. The number of benzene rings is 10. The Kier molecular flexibility index (Phi) is 8.12. The molecule has 0 atom stereocenters. The van der Waals surface area contributed by atoms with E-state index in [0.29, 0.717) is 0 Å². The van der Waals surface area contributed by atoms with Gasteiger partial charge in [-0.15, -0.1) is 0 Å². The molecule has 0 spiro atoms. The van der Waals surface area contributed by atoms with Gasteiger partial charge in [-0.05, 0) is 90.3 Å². The van der Waals surface area contributed by atoms with Crippen molar-refractivity contribution in [3.8, 4) is 27.9 Å². The first kappa shape index (κ1) is 33.8. The van der Waals surface area contributed by atoms with Gasteiger partial charge in [0, 0.05) is 16.5 Å². The Morgan fingerprint density at radius 3 is 0.914 bits per heavy atom. The smallest absolute Gasteiger partial charge is 0.0701 e. The highest BCUT2D eigenvalue weighted by molar-refractivity contribution is 6.21. The summed E-state index contributed by atoms with van der Waals surface area (Å²) in [5.74, 6) is 0. The average Bonchev–Trinajstić information content (AvgIpc) is 3.64. The fourth-order valence-electron chi connectivity index (χ4n) is 9.68. The molecule has 0 bridgehead atoms. The molecule has 11 rings (SSSR count). The van der Waals surface area contributed by atoms with Crippen molar-refractivity contribution in [1.29, 1.82) is 0 Å². The number of fused-ring (bicyclic) bond motifs is 5. The molecular weight excluding hydrogens is 699 g/mol. The molecule has 0 radical (unpaired) electrons. The Hall–Kier alpha value is -7.48. The predicted molar refractivity (Wildman–Crippen MR) is 245 cm³/mol. The van der Waals surface area contributed by atoms with Crippen LogP contribution >= 0.6 is 0 Å². The molecule has 0 fully saturated rings. The number of hydrogen-bond acceptors (Lipinski definition) is 0. The third kappa shape index (κ3) is 5.25. The summed E-state index contributed by atoms with van der Waals surface area (Å²) >= 11 is 0. The van der Waals surface area contributed by atoms with Crippen molar-refractivity contribution in [3.05, 3.63) is 259 Å². The molecule has 0 aliphatic carbocycles. The van der Waals surface area contributed by atoms with Crippen molar-refractivity contribution < 1.29 is 0 Å². The minimum Gasteiger partial charge on any atom is -0.309 e. The molecule has 0 N–H and O–H groups in total. The topological polar surface area (TPSA) is 4.93 Å². The van der Waals surface area contributed by atoms with E-state index in [1.54, 1.807) is 0 Å². The number of nitrogens with zero attached hydrogens (tertiary/aromatic N) is 1. The van der Waals surface area contributed by atoms with Crippen LogP contribution in [-0.4, -0.2) is 4.57 Å². The molecular formula is C57H39N. The highest BCUT2D eigenvalue weighted by atomic mass is 15.0. The van der Waals surface area contributed by atoms with Crippen LogP contribution in [0.2, 0.25) is 0 Å². The largest absolute Gasteiger partial charge is 0.309 e. The number of hydrogen-bond donors (Lipinski definition) is 0. The van der Waals surface area contributed by atoms with Gasteiger partial charge >= 0.3 is 0 Å². The molecule has 58 heavy (non-hydrogen) atoms. The van der Waals surface area contributed by atoms with Gasteiger partial charge in [0.1, 0.15) is 0 Å². The van der Waals surface area contributed by atoms with Gasteiger partial charge in [0.15, 0.2) is 0 Å². The van der Waals surface area contributed by atoms with Crippen LogP contribution in [0.5, 0.6) is 0 Å². The molecule has 0 aliphatic rings. The maximum atomic E-state index is 2.39. The first-order chi connectivity index (χ1) is 28.8. The summed E-state index contributed by atoms with van der Waals surface area (Å²) in [6.07, 6.45) is 0. The molecule has 0 saturated carbocycles. The molecule has 11 aromatic rings. The molecule has 0 amide bonds. The van der Waals surface area contributed by atoms with E-state index in [4.69, 9.17) is 0 Å². The highest BCUT2D eigenvalue weighted by Crippen LogP contribution is 2.48.